The van der Waals surface area contributed by atoms with E-state index in [2.05, 4.69) is 10.2 Å². The first-order valence-corrected chi connectivity index (χ1v) is 10.2. The molecule has 0 atom stereocenters. The molecule has 1 aromatic carbocycles. The van der Waals surface area contributed by atoms with E-state index < -0.39 is 21.7 Å². The van der Waals surface area contributed by atoms with E-state index in [1.54, 1.807) is 6.20 Å². The molecule has 1 fully saturated rings. The molecule has 8 nitrogen and oxygen atoms in total. The Hall–Kier alpha value is -2.01. The summed E-state index contributed by atoms with van der Waals surface area (Å²) in [6.45, 7) is 1.02. The SMILES string of the molecule is O=C(NNS(=O)(=O)CC1CCOCC1)c1cc(-c2cn[nH]c2)cc(Cl)c1F. The van der Waals surface area contributed by atoms with Crippen LogP contribution in [0.5, 0.6) is 0 Å². The summed E-state index contributed by atoms with van der Waals surface area (Å²) < 4.78 is 43.7. The number of hydrogen-bond acceptors (Lipinski definition) is 5. The van der Waals surface area contributed by atoms with Crippen molar-refractivity contribution < 1.29 is 22.3 Å². The van der Waals surface area contributed by atoms with E-state index in [1.165, 1.54) is 18.3 Å². The lowest BCUT2D eigenvalue weighted by Crippen LogP contribution is -2.44. The van der Waals surface area contributed by atoms with Gasteiger partial charge in [-0.25, -0.2) is 12.8 Å². The van der Waals surface area contributed by atoms with Gasteiger partial charge in [0.15, 0.2) is 5.82 Å². The van der Waals surface area contributed by atoms with Gasteiger partial charge in [-0.05, 0) is 36.5 Å². The number of ether oxygens (including phenoxy) is 1. The summed E-state index contributed by atoms with van der Waals surface area (Å²) in [6.07, 6.45) is 4.31. The lowest BCUT2D eigenvalue weighted by molar-refractivity contribution is 0.0722. The van der Waals surface area contributed by atoms with E-state index in [0.29, 0.717) is 37.2 Å². The average molecular weight is 417 g/mol. The second kappa shape index (κ2) is 8.34. The number of carbonyl (C=O) groups excluding carboxylic acids is 1. The van der Waals surface area contributed by atoms with Crippen LogP contribution in [0.25, 0.3) is 11.1 Å². The Labute approximate surface area is 160 Å². The zero-order valence-corrected chi connectivity index (χ0v) is 15.7. The molecule has 0 unspecified atom stereocenters. The molecular weight excluding hydrogens is 399 g/mol. The van der Waals surface area contributed by atoms with Gasteiger partial charge in [-0.3, -0.25) is 15.3 Å². The van der Waals surface area contributed by atoms with E-state index in [9.17, 15) is 17.6 Å². The Balaban J connectivity index is 1.70. The molecule has 0 aliphatic carbocycles. The maximum absolute atomic E-state index is 14.3. The van der Waals surface area contributed by atoms with Gasteiger partial charge in [0.05, 0.1) is 22.5 Å². The normalized spacial score (nSPS) is 15.6. The van der Waals surface area contributed by atoms with Gasteiger partial charge in [0, 0.05) is 25.0 Å². The van der Waals surface area contributed by atoms with E-state index >= 15 is 0 Å². The number of H-pyrrole nitrogens is 1. The number of amides is 1. The summed E-state index contributed by atoms with van der Waals surface area (Å²) in [4.78, 5) is 14.3. The fraction of sp³-hybridized carbons (Fsp3) is 0.375. The van der Waals surface area contributed by atoms with Gasteiger partial charge in [0.1, 0.15) is 0 Å². The first-order chi connectivity index (χ1) is 12.9. The van der Waals surface area contributed by atoms with Gasteiger partial charge in [-0.2, -0.15) is 5.10 Å². The molecule has 27 heavy (non-hydrogen) atoms. The minimum absolute atomic E-state index is 0.0521. The van der Waals surface area contributed by atoms with Crippen LogP contribution in [-0.4, -0.2) is 43.5 Å². The number of sulfonamides is 1. The highest BCUT2D eigenvalue weighted by molar-refractivity contribution is 7.89. The van der Waals surface area contributed by atoms with Crippen molar-refractivity contribution in [2.24, 2.45) is 5.92 Å². The van der Waals surface area contributed by atoms with Gasteiger partial charge < -0.3 is 4.74 Å². The number of benzene rings is 1. The summed E-state index contributed by atoms with van der Waals surface area (Å²) in [7, 11) is -3.77. The molecule has 0 saturated carbocycles. The minimum atomic E-state index is -3.77. The van der Waals surface area contributed by atoms with Crippen LogP contribution in [0.1, 0.15) is 23.2 Å². The summed E-state index contributed by atoms with van der Waals surface area (Å²) in [6, 6.07) is 2.63. The molecule has 3 rings (SSSR count). The van der Waals surface area contributed by atoms with Crippen molar-refractivity contribution in [1.82, 2.24) is 20.5 Å². The minimum Gasteiger partial charge on any atom is -0.381 e. The quantitative estimate of drug-likeness (QED) is 0.622. The van der Waals surface area contributed by atoms with Gasteiger partial charge in [-0.15, -0.1) is 4.83 Å². The number of halogens is 2. The van der Waals surface area contributed by atoms with Crippen molar-refractivity contribution in [1.29, 1.82) is 0 Å². The molecular formula is C16H18ClFN4O4S. The van der Waals surface area contributed by atoms with Gasteiger partial charge in [0.2, 0.25) is 10.0 Å². The maximum Gasteiger partial charge on any atom is 0.269 e. The van der Waals surface area contributed by atoms with Crippen molar-refractivity contribution in [3.63, 3.8) is 0 Å². The van der Waals surface area contributed by atoms with Crippen LogP contribution in [0, 0.1) is 11.7 Å². The molecule has 1 amide bonds. The number of nitrogens with zero attached hydrogens (tertiary/aromatic N) is 1. The fourth-order valence-electron chi connectivity index (χ4n) is 2.79. The van der Waals surface area contributed by atoms with Crippen molar-refractivity contribution in [3.05, 3.63) is 40.9 Å². The fourth-order valence-corrected chi connectivity index (χ4v) is 4.29. The van der Waals surface area contributed by atoms with Crippen molar-refractivity contribution in [2.75, 3.05) is 19.0 Å². The molecule has 11 heteroatoms. The summed E-state index contributed by atoms with van der Waals surface area (Å²) >= 11 is 5.86. The second-order valence-electron chi connectivity index (χ2n) is 6.20. The largest absolute Gasteiger partial charge is 0.381 e. The Bertz CT molecular complexity index is 915. The topological polar surface area (TPSA) is 113 Å². The summed E-state index contributed by atoms with van der Waals surface area (Å²) in [5, 5.41) is 6.13. The smallest absolute Gasteiger partial charge is 0.269 e. The van der Waals surface area contributed by atoms with Crippen LogP contribution < -0.4 is 10.3 Å². The number of hydrogen-bond donors (Lipinski definition) is 3. The highest BCUT2D eigenvalue weighted by Gasteiger charge is 2.23. The summed E-state index contributed by atoms with van der Waals surface area (Å²) in [5.74, 6) is -2.08. The van der Waals surface area contributed by atoms with Crippen LogP contribution >= 0.6 is 11.6 Å². The van der Waals surface area contributed by atoms with E-state index in [0.717, 1.165) is 0 Å². The number of nitrogens with one attached hydrogen (secondary N) is 3. The highest BCUT2D eigenvalue weighted by Crippen LogP contribution is 2.27. The van der Waals surface area contributed by atoms with E-state index in [4.69, 9.17) is 16.3 Å². The number of rotatable bonds is 6. The molecule has 1 aromatic heterocycles. The first kappa shape index (κ1) is 19.7. The molecule has 0 bridgehead atoms. The van der Waals surface area contributed by atoms with Gasteiger partial charge >= 0.3 is 0 Å². The average Bonchev–Trinajstić information content (AvgIpc) is 3.17. The Morgan fingerprint density at radius 3 is 2.74 bits per heavy atom. The van der Waals surface area contributed by atoms with Crippen LogP contribution in [0.4, 0.5) is 4.39 Å². The first-order valence-electron chi connectivity index (χ1n) is 8.21. The Morgan fingerprint density at radius 1 is 1.33 bits per heavy atom. The van der Waals surface area contributed by atoms with E-state index in [1.807, 2.05) is 10.3 Å². The van der Waals surface area contributed by atoms with Crippen molar-refractivity contribution in [2.45, 2.75) is 12.8 Å². The van der Waals surface area contributed by atoms with Crippen molar-refractivity contribution in [3.8, 4) is 11.1 Å². The lowest BCUT2D eigenvalue weighted by Gasteiger charge is -2.21. The monoisotopic (exact) mass is 416 g/mol. The molecule has 1 saturated heterocycles. The third-order valence-corrected chi connectivity index (χ3v) is 5.82. The molecule has 146 valence electrons. The number of carbonyl (C=O) groups is 1. The van der Waals surface area contributed by atoms with E-state index in [-0.39, 0.29) is 22.3 Å². The molecule has 3 N–H and O–H groups in total. The Kier molecular flexibility index (Phi) is 6.10. The third-order valence-electron chi connectivity index (χ3n) is 4.22. The predicted molar refractivity (Wildman–Crippen MR) is 96.9 cm³/mol. The molecule has 1 aliphatic rings. The van der Waals surface area contributed by atoms with Crippen LogP contribution in [-0.2, 0) is 14.8 Å². The third kappa shape index (κ3) is 5.04. The molecule has 2 heterocycles. The number of aromatic nitrogens is 2. The molecule has 0 radical (unpaired) electrons. The number of aromatic amines is 1. The predicted octanol–water partition coefficient (Wildman–Crippen LogP) is 1.86. The van der Waals surface area contributed by atoms with Crippen molar-refractivity contribution >= 4 is 27.5 Å². The highest BCUT2D eigenvalue weighted by atomic mass is 35.5. The van der Waals surface area contributed by atoms with Crippen LogP contribution in [0.15, 0.2) is 24.5 Å². The molecule has 2 aromatic rings. The Morgan fingerprint density at radius 2 is 2.07 bits per heavy atom. The zero-order chi connectivity index (χ0) is 19.4. The lowest BCUT2D eigenvalue weighted by atomic mass is 10.0. The number of hydrazine groups is 1. The van der Waals surface area contributed by atoms with Crippen LogP contribution in [0.2, 0.25) is 5.02 Å². The molecule has 1 aliphatic heterocycles. The maximum atomic E-state index is 14.3. The van der Waals surface area contributed by atoms with Gasteiger partial charge in [-0.1, -0.05) is 11.6 Å². The molecule has 0 spiro atoms. The summed E-state index contributed by atoms with van der Waals surface area (Å²) in [5.41, 5.74) is 2.72. The zero-order valence-electron chi connectivity index (χ0n) is 14.2. The van der Waals surface area contributed by atoms with Gasteiger partial charge in [0.25, 0.3) is 5.91 Å². The standard InChI is InChI=1S/C16H18ClFN4O4S/c17-14-6-11(12-7-19-20-8-12)5-13(15(14)18)16(23)21-22-27(24,25)9-10-1-3-26-4-2-10/h5-8,10,22H,1-4,9H2,(H,19,20)(H,21,23). The van der Waals surface area contributed by atoms with Crippen LogP contribution in [0.3, 0.4) is 0 Å². The second-order valence-corrected chi connectivity index (χ2v) is 8.37.